The number of ether oxygens (including phenoxy) is 1. The van der Waals surface area contributed by atoms with Gasteiger partial charge in [-0.3, -0.25) is 0 Å². The molecule has 1 unspecified atom stereocenters. The maximum absolute atomic E-state index is 5.26. The van der Waals surface area contributed by atoms with Crippen LogP contribution in [0.3, 0.4) is 0 Å². The van der Waals surface area contributed by atoms with E-state index in [0.29, 0.717) is 0 Å². The van der Waals surface area contributed by atoms with E-state index in [9.17, 15) is 0 Å². The maximum Gasteiger partial charge on any atom is 0.155 e. The molecule has 0 bridgehead atoms. The molecule has 0 aromatic rings. The van der Waals surface area contributed by atoms with Gasteiger partial charge in [0, 0.05) is 0 Å². The van der Waals surface area contributed by atoms with Gasteiger partial charge in [-0.15, -0.1) is 0 Å². The predicted octanol–water partition coefficient (Wildman–Crippen LogP) is -1.02. The van der Waals surface area contributed by atoms with Crippen molar-refractivity contribution >= 4 is 0 Å². The highest BCUT2D eigenvalue weighted by molar-refractivity contribution is 4.87. The molecular weight excluding hydrogens is 80.0 g/mol. The van der Waals surface area contributed by atoms with Crippen LogP contribution in [-0.2, 0) is 4.74 Å². The molecule has 0 aromatic carbocycles. The number of nitrogens with two attached hydrogens (primary N) is 2. The summed E-state index contributed by atoms with van der Waals surface area (Å²) in [6, 6.07) is 0. The van der Waals surface area contributed by atoms with Crippen LogP contribution < -0.4 is 11.5 Å². The molecule has 0 amide bonds. The van der Waals surface area contributed by atoms with Crippen LogP contribution in [0.2, 0.25) is 0 Å². The van der Waals surface area contributed by atoms with Gasteiger partial charge in [-0.25, -0.2) is 0 Å². The van der Waals surface area contributed by atoms with Crippen LogP contribution in [0, 0.1) is 0 Å². The second-order valence-electron chi connectivity index (χ2n) is 1.72. The first-order chi connectivity index (χ1) is 2.63. The fourth-order valence-electron chi connectivity index (χ4n) is 0.240. The lowest BCUT2D eigenvalue weighted by atomic mass is 10.4. The topological polar surface area (TPSA) is 64.6 Å². The van der Waals surface area contributed by atoms with Gasteiger partial charge in [0.05, 0.1) is 0 Å². The minimum absolute atomic E-state index is 0.225. The van der Waals surface area contributed by atoms with Crippen LogP contribution >= 0.6 is 0 Å². The van der Waals surface area contributed by atoms with E-state index in [-0.39, 0.29) is 6.23 Å². The van der Waals surface area contributed by atoms with E-state index in [1.165, 1.54) is 0 Å². The molecule has 1 aliphatic heterocycles. The second kappa shape index (κ2) is 0.753. The molecule has 1 aliphatic rings. The van der Waals surface area contributed by atoms with Gasteiger partial charge in [0.2, 0.25) is 0 Å². The van der Waals surface area contributed by atoms with Crippen molar-refractivity contribution in [3.63, 3.8) is 0 Å². The Balaban J connectivity index is 2.41. The van der Waals surface area contributed by atoms with Crippen molar-refractivity contribution < 1.29 is 4.74 Å². The lowest BCUT2D eigenvalue weighted by Crippen LogP contribution is -2.26. The predicted molar refractivity (Wildman–Crippen MR) is 21.7 cm³/mol. The number of rotatable bonds is 0. The van der Waals surface area contributed by atoms with Crippen LogP contribution in [0.25, 0.3) is 0 Å². The Morgan fingerprint density at radius 2 is 2.00 bits per heavy atom. The molecule has 3 nitrogen and oxygen atoms in total. The van der Waals surface area contributed by atoms with Crippen LogP contribution in [0.15, 0.2) is 0 Å². The highest BCUT2D eigenvalue weighted by atomic mass is 16.6. The second-order valence-corrected chi connectivity index (χ2v) is 1.72. The molecule has 4 N–H and O–H groups in total. The summed E-state index contributed by atoms with van der Waals surface area (Å²) in [5.74, 6) is 0. The Morgan fingerprint density at radius 1 is 1.83 bits per heavy atom. The van der Waals surface area contributed by atoms with Gasteiger partial charge in [0.25, 0.3) is 0 Å². The number of epoxide rings is 1. The molecule has 6 heavy (non-hydrogen) atoms. The smallest absolute Gasteiger partial charge is 0.155 e. The molecule has 1 saturated heterocycles. The van der Waals surface area contributed by atoms with Gasteiger partial charge in [0.15, 0.2) is 12.0 Å². The van der Waals surface area contributed by atoms with Crippen molar-refractivity contribution in [1.29, 1.82) is 0 Å². The Kier molecular flexibility index (Phi) is 0.508. The first-order valence-corrected chi connectivity index (χ1v) is 1.85. The number of hydrogen-bond acceptors (Lipinski definition) is 3. The minimum atomic E-state index is -0.514. The molecular formula is C3H8N2O. The summed E-state index contributed by atoms with van der Waals surface area (Å²) < 4.78 is 4.66. The average molecular weight is 88.1 g/mol. The molecule has 0 saturated carbocycles. The lowest BCUT2D eigenvalue weighted by Gasteiger charge is -1.85. The molecule has 1 fully saturated rings. The van der Waals surface area contributed by atoms with Crippen LogP contribution in [0.5, 0.6) is 0 Å². The van der Waals surface area contributed by atoms with Crippen LogP contribution in [0.4, 0.5) is 0 Å². The van der Waals surface area contributed by atoms with Crippen molar-refractivity contribution in [2.24, 2.45) is 11.5 Å². The zero-order valence-corrected chi connectivity index (χ0v) is 3.64. The summed E-state index contributed by atoms with van der Waals surface area (Å²) in [5, 5.41) is 0. The Morgan fingerprint density at radius 3 is 2.00 bits per heavy atom. The zero-order valence-electron chi connectivity index (χ0n) is 3.64. The van der Waals surface area contributed by atoms with Gasteiger partial charge in [-0.05, 0) is 6.92 Å². The molecule has 3 heteroatoms. The highest BCUT2D eigenvalue weighted by Gasteiger charge is 2.45. The maximum atomic E-state index is 5.26. The third-order valence-corrected chi connectivity index (χ3v) is 0.889. The molecule has 1 heterocycles. The van der Waals surface area contributed by atoms with Crippen molar-refractivity contribution in [3.8, 4) is 0 Å². The first kappa shape index (κ1) is 4.05. The van der Waals surface area contributed by atoms with Gasteiger partial charge < -0.3 is 16.2 Å². The highest BCUT2D eigenvalue weighted by Crippen LogP contribution is 2.23. The van der Waals surface area contributed by atoms with Crippen molar-refractivity contribution in [2.75, 3.05) is 0 Å². The van der Waals surface area contributed by atoms with Gasteiger partial charge in [0.1, 0.15) is 0 Å². The van der Waals surface area contributed by atoms with Crippen molar-refractivity contribution in [1.82, 2.24) is 0 Å². The third kappa shape index (κ3) is 0.408. The fraction of sp³-hybridized carbons (Fsp3) is 1.00. The van der Waals surface area contributed by atoms with Crippen molar-refractivity contribution in [2.45, 2.75) is 18.9 Å². The van der Waals surface area contributed by atoms with Gasteiger partial charge in [-0.1, -0.05) is 0 Å². The standard InChI is InChI=1S/C3H8N2O/c1-3(5)2(4)6-3/h2H,4-5H2,1H3/t2-,3?/m0/s1. The Bertz CT molecular complexity index is 71.2. The third-order valence-electron chi connectivity index (χ3n) is 0.889. The molecule has 2 atom stereocenters. The molecule has 0 aliphatic carbocycles. The minimum Gasteiger partial charge on any atom is -0.335 e. The largest absolute Gasteiger partial charge is 0.335 e. The van der Waals surface area contributed by atoms with E-state index in [1.807, 2.05) is 0 Å². The van der Waals surface area contributed by atoms with Gasteiger partial charge in [-0.2, -0.15) is 0 Å². The van der Waals surface area contributed by atoms with E-state index in [4.69, 9.17) is 11.5 Å². The van der Waals surface area contributed by atoms with E-state index in [0.717, 1.165) is 0 Å². The summed E-state index contributed by atoms with van der Waals surface area (Å²) in [5.41, 5.74) is 9.90. The molecule has 36 valence electrons. The monoisotopic (exact) mass is 88.1 g/mol. The first-order valence-electron chi connectivity index (χ1n) is 1.85. The normalized spacial score (nSPS) is 55.5. The molecule has 0 aromatic heterocycles. The summed E-state index contributed by atoms with van der Waals surface area (Å²) in [4.78, 5) is 0. The SMILES string of the molecule is CC1(N)O[C@@H]1N. The number of hydrogen-bond donors (Lipinski definition) is 2. The summed E-state index contributed by atoms with van der Waals surface area (Å²) in [6.07, 6.45) is -0.225. The van der Waals surface area contributed by atoms with E-state index >= 15 is 0 Å². The summed E-state index contributed by atoms with van der Waals surface area (Å²) in [7, 11) is 0. The Hall–Kier alpha value is -0.120. The molecule has 0 spiro atoms. The average Bonchev–Trinajstić information content (AvgIpc) is 1.73. The van der Waals surface area contributed by atoms with E-state index < -0.39 is 5.72 Å². The van der Waals surface area contributed by atoms with Crippen LogP contribution in [-0.4, -0.2) is 12.0 Å². The summed E-state index contributed by atoms with van der Waals surface area (Å²) in [6.45, 7) is 1.75. The lowest BCUT2D eigenvalue weighted by molar-refractivity contribution is 0.316. The Labute approximate surface area is 36.3 Å². The van der Waals surface area contributed by atoms with E-state index in [2.05, 4.69) is 4.74 Å². The summed E-state index contributed by atoms with van der Waals surface area (Å²) >= 11 is 0. The quantitative estimate of drug-likeness (QED) is 0.372. The fourth-order valence-corrected chi connectivity index (χ4v) is 0.240. The van der Waals surface area contributed by atoms with Gasteiger partial charge >= 0.3 is 0 Å². The van der Waals surface area contributed by atoms with E-state index in [1.54, 1.807) is 6.92 Å². The van der Waals surface area contributed by atoms with Crippen molar-refractivity contribution in [3.05, 3.63) is 0 Å². The molecule has 1 rings (SSSR count). The molecule has 0 radical (unpaired) electrons. The van der Waals surface area contributed by atoms with Crippen LogP contribution in [0.1, 0.15) is 6.92 Å². The zero-order chi connectivity index (χ0) is 4.78.